The Balaban J connectivity index is 1.89. The number of carbonyl (C=O) groups is 2. The largest absolute Gasteiger partial charge is 0.355 e. The van der Waals surface area contributed by atoms with E-state index in [1.807, 2.05) is 4.90 Å². The summed E-state index contributed by atoms with van der Waals surface area (Å²) in [4.78, 5) is 25.1. The highest BCUT2D eigenvalue weighted by atomic mass is 16.2. The van der Waals surface area contributed by atoms with Crippen molar-refractivity contribution in [1.82, 2.24) is 15.5 Å². The number of carbonyl (C=O) groups excluding carboxylic acids is 2. The Hall–Kier alpha value is -1.10. The number of nitrogens with one attached hydrogen (secondary N) is 2. The second-order valence-electron chi connectivity index (χ2n) is 4.68. The molecule has 5 heteroatoms. The number of hydrogen-bond donors (Lipinski definition) is 2. The van der Waals surface area contributed by atoms with Gasteiger partial charge in [-0.05, 0) is 13.3 Å². The lowest BCUT2D eigenvalue weighted by atomic mass is 9.97. The van der Waals surface area contributed by atoms with Gasteiger partial charge < -0.3 is 15.5 Å². The Morgan fingerprint density at radius 2 is 2.31 bits per heavy atom. The van der Waals surface area contributed by atoms with Crippen molar-refractivity contribution in [1.29, 1.82) is 0 Å². The minimum Gasteiger partial charge on any atom is -0.355 e. The monoisotopic (exact) mass is 225 g/mol. The minimum atomic E-state index is -0.0111. The molecule has 2 fully saturated rings. The normalized spacial score (nSPS) is 31.1. The maximum atomic E-state index is 12.2. The zero-order chi connectivity index (χ0) is 11.5. The van der Waals surface area contributed by atoms with Crippen LogP contribution in [0.5, 0.6) is 0 Å². The molecule has 2 atom stereocenters. The van der Waals surface area contributed by atoms with E-state index < -0.39 is 0 Å². The molecule has 0 aromatic rings. The molecule has 2 aliphatic rings. The van der Waals surface area contributed by atoms with Crippen LogP contribution in [0.25, 0.3) is 0 Å². The third kappa shape index (κ3) is 2.52. The van der Waals surface area contributed by atoms with Gasteiger partial charge in [-0.3, -0.25) is 9.59 Å². The van der Waals surface area contributed by atoms with Gasteiger partial charge in [0.05, 0.1) is 5.92 Å². The molecule has 2 amide bonds. The standard InChI is InChI=1S/C11H19N3O2/c1-8-7-14(5-4-12-8)11(16)9-2-3-10(15)13-6-9/h8-9,12H,2-7H2,1H3,(H,13,15)/t8-,9?/m1/s1. The molecule has 0 aliphatic carbocycles. The molecule has 2 aliphatic heterocycles. The van der Waals surface area contributed by atoms with Gasteiger partial charge in [0.1, 0.15) is 0 Å². The molecular formula is C11H19N3O2. The fraction of sp³-hybridized carbons (Fsp3) is 0.818. The summed E-state index contributed by atoms with van der Waals surface area (Å²) >= 11 is 0. The van der Waals surface area contributed by atoms with E-state index >= 15 is 0 Å². The number of piperidine rings is 1. The van der Waals surface area contributed by atoms with E-state index in [0.717, 1.165) is 19.6 Å². The van der Waals surface area contributed by atoms with Crippen molar-refractivity contribution in [3.8, 4) is 0 Å². The van der Waals surface area contributed by atoms with Gasteiger partial charge in [-0.1, -0.05) is 0 Å². The first-order chi connectivity index (χ1) is 7.66. The van der Waals surface area contributed by atoms with E-state index in [2.05, 4.69) is 17.6 Å². The Morgan fingerprint density at radius 1 is 1.50 bits per heavy atom. The van der Waals surface area contributed by atoms with Crippen LogP contribution in [0.15, 0.2) is 0 Å². The van der Waals surface area contributed by atoms with Crippen LogP contribution in [0, 0.1) is 5.92 Å². The quantitative estimate of drug-likeness (QED) is 0.622. The summed E-state index contributed by atoms with van der Waals surface area (Å²) < 4.78 is 0. The SMILES string of the molecule is C[C@@H]1CN(C(=O)C2CCC(=O)NC2)CCN1. The van der Waals surface area contributed by atoms with Crippen molar-refractivity contribution in [2.24, 2.45) is 5.92 Å². The van der Waals surface area contributed by atoms with Crippen LogP contribution in [0.4, 0.5) is 0 Å². The van der Waals surface area contributed by atoms with Crippen molar-refractivity contribution >= 4 is 11.8 Å². The van der Waals surface area contributed by atoms with Crippen LogP contribution in [0.2, 0.25) is 0 Å². The van der Waals surface area contributed by atoms with Gasteiger partial charge in [-0.2, -0.15) is 0 Å². The van der Waals surface area contributed by atoms with Crippen LogP contribution in [0.1, 0.15) is 19.8 Å². The predicted octanol–water partition coefficient (Wildman–Crippen LogP) is -0.667. The molecule has 2 saturated heterocycles. The molecule has 0 aromatic heterocycles. The molecule has 2 N–H and O–H groups in total. The van der Waals surface area contributed by atoms with Crippen LogP contribution in [-0.2, 0) is 9.59 Å². The van der Waals surface area contributed by atoms with E-state index in [1.54, 1.807) is 0 Å². The smallest absolute Gasteiger partial charge is 0.227 e. The molecule has 90 valence electrons. The second-order valence-corrected chi connectivity index (χ2v) is 4.68. The Kier molecular flexibility index (Phi) is 3.43. The molecule has 0 bridgehead atoms. The molecule has 5 nitrogen and oxygen atoms in total. The fourth-order valence-corrected chi connectivity index (χ4v) is 2.33. The summed E-state index contributed by atoms with van der Waals surface area (Å²) in [6.07, 6.45) is 1.18. The van der Waals surface area contributed by atoms with Crippen LogP contribution in [0.3, 0.4) is 0 Å². The first kappa shape index (κ1) is 11.4. The van der Waals surface area contributed by atoms with E-state index in [0.29, 0.717) is 25.4 Å². The molecular weight excluding hydrogens is 206 g/mol. The Labute approximate surface area is 95.6 Å². The predicted molar refractivity (Wildman–Crippen MR) is 59.8 cm³/mol. The van der Waals surface area contributed by atoms with E-state index in [4.69, 9.17) is 0 Å². The highest BCUT2D eigenvalue weighted by molar-refractivity contribution is 5.83. The number of amides is 2. The fourth-order valence-electron chi connectivity index (χ4n) is 2.33. The van der Waals surface area contributed by atoms with Gasteiger partial charge in [0, 0.05) is 38.6 Å². The highest BCUT2D eigenvalue weighted by Gasteiger charge is 2.30. The maximum absolute atomic E-state index is 12.2. The first-order valence-electron chi connectivity index (χ1n) is 5.95. The van der Waals surface area contributed by atoms with Crippen molar-refractivity contribution in [2.75, 3.05) is 26.2 Å². The molecule has 2 rings (SSSR count). The van der Waals surface area contributed by atoms with E-state index in [1.165, 1.54) is 0 Å². The molecule has 16 heavy (non-hydrogen) atoms. The molecule has 0 radical (unpaired) electrons. The van der Waals surface area contributed by atoms with Crippen LogP contribution in [-0.4, -0.2) is 48.9 Å². The van der Waals surface area contributed by atoms with Crippen LogP contribution >= 0.6 is 0 Å². The summed E-state index contributed by atoms with van der Waals surface area (Å²) in [5.74, 6) is 0.258. The lowest BCUT2D eigenvalue weighted by Gasteiger charge is -2.35. The third-order valence-electron chi connectivity index (χ3n) is 3.30. The van der Waals surface area contributed by atoms with Gasteiger partial charge in [-0.15, -0.1) is 0 Å². The van der Waals surface area contributed by atoms with Crippen molar-refractivity contribution in [3.63, 3.8) is 0 Å². The third-order valence-corrected chi connectivity index (χ3v) is 3.30. The first-order valence-corrected chi connectivity index (χ1v) is 5.95. The van der Waals surface area contributed by atoms with Gasteiger partial charge in [0.15, 0.2) is 0 Å². The molecule has 0 aromatic carbocycles. The lowest BCUT2D eigenvalue weighted by Crippen LogP contribution is -2.54. The number of piperazine rings is 1. The maximum Gasteiger partial charge on any atom is 0.227 e. The molecule has 0 saturated carbocycles. The Bertz CT molecular complexity index is 283. The molecule has 0 spiro atoms. The summed E-state index contributed by atoms with van der Waals surface area (Å²) in [5, 5.41) is 6.07. The lowest BCUT2D eigenvalue weighted by molar-refractivity contribution is -0.138. The molecule has 1 unspecified atom stereocenters. The van der Waals surface area contributed by atoms with Gasteiger partial charge >= 0.3 is 0 Å². The van der Waals surface area contributed by atoms with E-state index in [9.17, 15) is 9.59 Å². The van der Waals surface area contributed by atoms with Crippen molar-refractivity contribution in [3.05, 3.63) is 0 Å². The average molecular weight is 225 g/mol. The van der Waals surface area contributed by atoms with Crippen LogP contribution < -0.4 is 10.6 Å². The van der Waals surface area contributed by atoms with Gasteiger partial charge in [0.2, 0.25) is 11.8 Å². The van der Waals surface area contributed by atoms with Crippen molar-refractivity contribution in [2.45, 2.75) is 25.8 Å². The number of hydrogen-bond acceptors (Lipinski definition) is 3. The number of nitrogens with zero attached hydrogens (tertiary/aromatic N) is 1. The second kappa shape index (κ2) is 4.82. The Morgan fingerprint density at radius 3 is 2.94 bits per heavy atom. The van der Waals surface area contributed by atoms with Gasteiger partial charge in [0.25, 0.3) is 0 Å². The topological polar surface area (TPSA) is 61.4 Å². The zero-order valence-electron chi connectivity index (χ0n) is 9.66. The number of rotatable bonds is 1. The summed E-state index contributed by atoms with van der Waals surface area (Å²) in [6.45, 7) is 5.03. The highest BCUT2D eigenvalue weighted by Crippen LogP contribution is 2.15. The van der Waals surface area contributed by atoms with Crippen molar-refractivity contribution < 1.29 is 9.59 Å². The zero-order valence-corrected chi connectivity index (χ0v) is 9.66. The summed E-state index contributed by atoms with van der Waals surface area (Å²) in [7, 11) is 0. The summed E-state index contributed by atoms with van der Waals surface area (Å²) in [6, 6.07) is 0.371. The minimum absolute atomic E-state index is 0.0111. The molecule has 2 heterocycles. The average Bonchev–Trinajstić information content (AvgIpc) is 2.29. The summed E-state index contributed by atoms with van der Waals surface area (Å²) in [5.41, 5.74) is 0. The van der Waals surface area contributed by atoms with E-state index in [-0.39, 0.29) is 17.7 Å². The van der Waals surface area contributed by atoms with Gasteiger partial charge in [-0.25, -0.2) is 0 Å².